The summed E-state index contributed by atoms with van der Waals surface area (Å²) in [6.45, 7) is -1.06. The second-order valence-electron chi connectivity index (χ2n) is 5.33. The third kappa shape index (κ3) is 4.79. The molecule has 132 valence electrons. The third-order valence-corrected chi connectivity index (χ3v) is 3.56. The summed E-state index contributed by atoms with van der Waals surface area (Å²) >= 11 is 0. The first-order valence-corrected chi connectivity index (χ1v) is 7.56. The molecule has 0 spiro atoms. The highest BCUT2D eigenvalue weighted by molar-refractivity contribution is 6.03. The van der Waals surface area contributed by atoms with Crippen molar-refractivity contribution in [2.45, 2.75) is 13.5 Å². The number of rotatable bonds is 6. The molecule has 0 fully saturated rings. The monoisotopic (exact) mass is 347 g/mol. The van der Waals surface area contributed by atoms with Crippen LogP contribution in [0.3, 0.4) is 0 Å². The first-order valence-electron chi connectivity index (χ1n) is 7.56. The number of methoxy groups -OCH3 is 1. The van der Waals surface area contributed by atoms with E-state index in [9.17, 15) is 13.6 Å². The van der Waals surface area contributed by atoms with Gasteiger partial charge in [-0.3, -0.25) is 4.79 Å². The fourth-order valence-electron chi connectivity index (χ4n) is 2.28. The maximum absolute atomic E-state index is 12.6. The van der Waals surface area contributed by atoms with Crippen LogP contribution in [-0.2, 0) is 4.79 Å². The van der Waals surface area contributed by atoms with E-state index in [-0.39, 0.29) is 17.4 Å². The number of hydrogen-bond donors (Lipinski definition) is 0. The summed E-state index contributed by atoms with van der Waals surface area (Å²) in [6.07, 6.45) is 2.73. The molecule has 0 bridgehead atoms. The molecule has 2 rings (SSSR count). The maximum Gasteiger partial charge on any atom is 0.387 e. The number of carbonyl (C=O) groups is 1. The van der Waals surface area contributed by atoms with E-state index in [2.05, 4.69) is 4.74 Å². The Morgan fingerprint density at radius 2 is 1.92 bits per heavy atom. The summed E-state index contributed by atoms with van der Waals surface area (Å²) < 4.78 is 34.8. The SMILES string of the molecule is COc1cccc(C=CC(=O)N(C)c2cccc(C)c2)c1OC(F)F. The number of aryl methyl sites for hydroxylation is 1. The van der Waals surface area contributed by atoms with Crippen molar-refractivity contribution in [3.63, 3.8) is 0 Å². The van der Waals surface area contributed by atoms with Gasteiger partial charge in [-0.1, -0.05) is 24.3 Å². The molecule has 1 amide bonds. The van der Waals surface area contributed by atoms with Crippen molar-refractivity contribution >= 4 is 17.7 Å². The van der Waals surface area contributed by atoms with Crippen molar-refractivity contribution in [2.24, 2.45) is 0 Å². The summed E-state index contributed by atoms with van der Waals surface area (Å²) in [6, 6.07) is 12.2. The number of benzene rings is 2. The molecule has 0 unspecified atom stereocenters. The molecule has 0 aromatic heterocycles. The number of halogens is 2. The van der Waals surface area contributed by atoms with E-state index in [4.69, 9.17) is 4.74 Å². The molecule has 0 saturated heterocycles. The highest BCUT2D eigenvalue weighted by Crippen LogP contribution is 2.33. The Balaban J connectivity index is 2.24. The van der Waals surface area contributed by atoms with Crippen LogP contribution in [-0.4, -0.2) is 26.7 Å². The van der Waals surface area contributed by atoms with Crippen LogP contribution < -0.4 is 14.4 Å². The molecular weight excluding hydrogens is 328 g/mol. The van der Waals surface area contributed by atoms with E-state index in [0.29, 0.717) is 5.56 Å². The Labute approximate surface area is 145 Å². The molecule has 0 aliphatic heterocycles. The van der Waals surface area contributed by atoms with Gasteiger partial charge in [0, 0.05) is 24.4 Å². The van der Waals surface area contributed by atoms with Crippen LogP contribution in [0.4, 0.5) is 14.5 Å². The fourth-order valence-corrected chi connectivity index (χ4v) is 2.28. The Kier molecular flexibility index (Phi) is 6.11. The van der Waals surface area contributed by atoms with Gasteiger partial charge in [-0.25, -0.2) is 0 Å². The number of alkyl halides is 2. The second kappa shape index (κ2) is 8.28. The molecule has 0 heterocycles. The van der Waals surface area contributed by atoms with Gasteiger partial charge in [-0.05, 0) is 36.8 Å². The minimum atomic E-state index is -2.99. The third-order valence-electron chi connectivity index (χ3n) is 3.56. The van der Waals surface area contributed by atoms with Crippen LogP contribution >= 0.6 is 0 Å². The summed E-state index contributed by atoms with van der Waals surface area (Å²) in [5.74, 6) is -0.236. The van der Waals surface area contributed by atoms with Gasteiger partial charge in [-0.2, -0.15) is 8.78 Å². The first kappa shape index (κ1) is 18.4. The highest BCUT2D eigenvalue weighted by Gasteiger charge is 2.14. The summed E-state index contributed by atoms with van der Waals surface area (Å²) in [5.41, 5.74) is 2.09. The lowest BCUT2D eigenvalue weighted by molar-refractivity contribution is -0.113. The van der Waals surface area contributed by atoms with E-state index >= 15 is 0 Å². The lowest BCUT2D eigenvalue weighted by Gasteiger charge is -2.16. The molecule has 25 heavy (non-hydrogen) atoms. The van der Waals surface area contributed by atoms with Crippen molar-refractivity contribution in [1.82, 2.24) is 0 Å². The van der Waals surface area contributed by atoms with Crippen LogP contribution in [0.5, 0.6) is 11.5 Å². The normalized spacial score (nSPS) is 11.0. The fraction of sp³-hybridized carbons (Fsp3) is 0.211. The average Bonchev–Trinajstić information content (AvgIpc) is 2.59. The number of anilines is 1. The molecular formula is C19H19F2NO3. The molecule has 0 aliphatic carbocycles. The van der Waals surface area contributed by atoms with Gasteiger partial charge in [0.05, 0.1) is 7.11 Å². The summed E-state index contributed by atoms with van der Waals surface area (Å²) in [5, 5.41) is 0. The molecule has 2 aromatic carbocycles. The van der Waals surface area contributed by atoms with Gasteiger partial charge in [-0.15, -0.1) is 0 Å². The molecule has 0 N–H and O–H groups in total. The van der Waals surface area contributed by atoms with E-state index in [1.165, 1.54) is 30.2 Å². The van der Waals surface area contributed by atoms with Crippen LogP contribution in [0.15, 0.2) is 48.5 Å². The Morgan fingerprint density at radius 1 is 1.20 bits per heavy atom. The summed E-state index contributed by atoms with van der Waals surface area (Å²) in [7, 11) is 3.00. The van der Waals surface area contributed by atoms with Crippen LogP contribution in [0.25, 0.3) is 6.08 Å². The Hall–Kier alpha value is -2.89. The second-order valence-corrected chi connectivity index (χ2v) is 5.33. The zero-order valence-electron chi connectivity index (χ0n) is 14.2. The van der Waals surface area contributed by atoms with Crippen LogP contribution in [0.1, 0.15) is 11.1 Å². The van der Waals surface area contributed by atoms with Gasteiger partial charge in [0.25, 0.3) is 5.91 Å². The lowest BCUT2D eigenvalue weighted by atomic mass is 10.1. The molecule has 0 aliphatic rings. The topological polar surface area (TPSA) is 38.8 Å². The number of para-hydroxylation sites is 1. The van der Waals surface area contributed by atoms with Crippen LogP contribution in [0.2, 0.25) is 0 Å². The van der Waals surface area contributed by atoms with Gasteiger partial charge in [0.2, 0.25) is 0 Å². The molecule has 6 heteroatoms. The largest absolute Gasteiger partial charge is 0.493 e. The van der Waals surface area contributed by atoms with E-state index < -0.39 is 6.61 Å². The van der Waals surface area contributed by atoms with Gasteiger partial charge < -0.3 is 14.4 Å². The van der Waals surface area contributed by atoms with Crippen molar-refractivity contribution in [3.05, 3.63) is 59.7 Å². The van der Waals surface area contributed by atoms with Gasteiger partial charge in [0.1, 0.15) is 0 Å². The predicted molar refractivity (Wildman–Crippen MR) is 93.2 cm³/mol. The Morgan fingerprint density at radius 3 is 2.56 bits per heavy atom. The summed E-state index contributed by atoms with van der Waals surface area (Å²) in [4.78, 5) is 13.8. The van der Waals surface area contributed by atoms with E-state index in [0.717, 1.165) is 11.3 Å². The number of hydrogen-bond acceptors (Lipinski definition) is 3. The first-order chi connectivity index (χ1) is 11.9. The highest BCUT2D eigenvalue weighted by atomic mass is 19.3. The standard InChI is InChI=1S/C19H19F2NO3/c1-13-6-4-8-15(12-13)22(2)17(23)11-10-14-7-5-9-16(24-3)18(14)25-19(20)21/h4-12,19H,1-3H3. The van der Waals surface area contributed by atoms with Crippen molar-refractivity contribution < 1.29 is 23.0 Å². The minimum absolute atomic E-state index is 0.109. The minimum Gasteiger partial charge on any atom is -0.493 e. The number of likely N-dealkylation sites (N-methyl/N-ethyl adjacent to an activating group) is 1. The van der Waals surface area contributed by atoms with Crippen molar-refractivity contribution in [3.8, 4) is 11.5 Å². The number of nitrogens with zero attached hydrogens (tertiary/aromatic N) is 1. The van der Waals surface area contributed by atoms with Crippen molar-refractivity contribution in [2.75, 3.05) is 19.1 Å². The smallest absolute Gasteiger partial charge is 0.387 e. The predicted octanol–water partition coefficient (Wildman–Crippen LogP) is 4.28. The molecule has 0 saturated carbocycles. The van der Waals surface area contributed by atoms with E-state index in [1.54, 1.807) is 19.2 Å². The van der Waals surface area contributed by atoms with E-state index in [1.807, 2.05) is 31.2 Å². The zero-order chi connectivity index (χ0) is 18.4. The molecule has 0 radical (unpaired) electrons. The number of ether oxygens (including phenoxy) is 2. The quantitative estimate of drug-likeness (QED) is 0.732. The van der Waals surface area contributed by atoms with Gasteiger partial charge >= 0.3 is 6.61 Å². The molecule has 4 nitrogen and oxygen atoms in total. The average molecular weight is 347 g/mol. The number of carbonyl (C=O) groups excluding carboxylic acids is 1. The van der Waals surface area contributed by atoms with Gasteiger partial charge in [0.15, 0.2) is 11.5 Å². The zero-order valence-corrected chi connectivity index (χ0v) is 14.2. The lowest BCUT2D eigenvalue weighted by Crippen LogP contribution is -2.23. The Bertz CT molecular complexity index is 775. The van der Waals surface area contributed by atoms with Crippen LogP contribution in [0, 0.1) is 6.92 Å². The molecule has 0 atom stereocenters. The number of amides is 1. The molecule has 2 aromatic rings. The maximum atomic E-state index is 12.6. The van der Waals surface area contributed by atoms with Crippen molar-refractivity contribution in [1.29, 1.82) is 0 Å².